The van der Waals surface area contributed by atoms with Crippen LogP contribution in [0.3, 0.4) is 0 Å². The largest absolute Gasteiger partial charge is 0.478 e. The van der Waals surface area contributed by atoms with Crippen LogP contribution in [0.4, 0.5) is 0 Å². The Morgan fingerprint density at radius 3 is 2.64 bits per heavy atom. The summed E-state index contributed by atoms with van der Waals surface area (Å²) in [6.07, 6.45) is 1.58. The van der Waals surface area contributed by atoms with E-state index in [1.807, 2.05) is 18.7 Å². The number of carboxylic acid groups (broad SMARTS) is 1. The van der Waals surface area contributed by atoms with Crippen molar-refractivity contribution in [2.75, 3.05) is 11.5 Å². The third kappa shape index (κ3) is 2.77. The van der Waals surface area contributed by atoms with Gasteiger partial charge in [-0.15, -0.1) is 0 Å². The highest BCUT2D eigenvalue weighted by molar-refractivity contribution is 7.99. The molecule has 1 fully saturated rings. The molecule has 1 saturated heterocycles. The summed E-state index contributed by atoms with van der Waals surface area (Å²) in [6, 6.07) is 0. The van der Waals surface area contributed by atoms with Gasteiger partial charge in [0.1, 0.15) is 0 Å². The Morgan fingerprint density at radius 1 is 1.57 bits per heavy atom. The predicted molar refractivity (Wildman–Crippen MR) is 60.7 cm³/mol. The van der Waals surface area contributed by atoms with Crippen LogP contribution >= 0.6 is 11.8 Å². The van der Waals surface area contributed by atoms with E-state index in [9.17, 15) is 4.79 Å². The highest BCUT2D eigenvalue weighted by Crippen LogP contribution is 2.38. The van der Waals surface area contributed by atoms with Gasteiger partial charge >= 0.3 is 5.97 Å². The molecule has 0 aromatic heterocycles. The van der Waals surface area contributed by atoms with Gasteiger partial charge in [0.05, 0.1) is 0 Å². The molecule has 1 N–H and O–H groups in total. The summed E-state index contributed by atoms with van der Waals surface area (Å²) in [7, 11) is 0. The summed E-state index contributed by atoms with van der Waals surface area (Å²) in [5.41, 5.74) is 2.03. The number of carbonyl (C=O) groups is 1. The molecule has 0 unspecified atom stereocenters. The minimum Gasteiger partial charge on any atom is -0.478 e. The van der Waals surface area contributed by atoms with Crippen molar-refractivity contribution in [2.24, 2.45) is 5.41 Å². The van der Waals surface area contributed by atoms with Crippen LogP contribution in [-0.2, 0) is 4.79 Å². The molecule has 0 aliphatic carbocycles. The zero-order chi connectivity index (χ0) is 10.8. The Bertz CT molecular complexity index is 266. The summed E-state index contributed by atoms with van der Waals surface area (Å²) in [5.74, 6) is 1.30. The topological polar surface area (TPSA) is 37.3 Å². The zero-order valence-electron chi connectivity index (χ0n) is 9.09. The van der Waals surface area contributed by atoms with E-state index in [0.29, 0.717) is 12.0 Å². The van der Waals surface area contributed by atoms with Gasteiger partial charge < -0.3 is 5.11 Å². The first kappa shape index (κ1) is 11.6. The van der Waals surface area contributed by atoms with E-state index in [1.54, 1.807) is 0 Å². The lowest BCUT2D eigenvalue weighted by molar-refractivity contribution is -0.132. The summed E-state index contributed by atoms with van der Waals surface area (Å²) in [4.78, 5) is 11.0. The smallest absolute Gasteiger partial charge is 0.331 e. The molecule has 0 spiro atoms. The Balaban J connectivity index is 2.89. The van der Waals surface area contributed by atoms with Gasteiger partial charge in [-0.25, -0.2) is 4.79 Å². The van der Waals surface area contributed by atoms with Gasteiger partial charge in [-0.3, -0.25) is 0 Å². The average Bonchev–Trinajstić information content (AvgIpc) is 2.02. The highest BCUT2D eigenvalue weighted by Gasteiger charge is 2.27. The van der Waals surface area contributed by atoms with Crippen molar-refractivity contribution in [3.63, 3.8) is 0 Å². The summed E-state index contributed by atoms with van der Waals surface area (Å²) < 4.78 is 0. The Morgan fingerprint density at radius 2 is 2.21 bits per heavy atom. The summed E-state index contributed by atoms with van der Waals surface area (Å²) in [5, 5.41) is 9.03. The number of rotatable bonds is 2. The van der Waals surface area contributed by atoms with E-state index in [2.05, 4.69) is 13.8 Å². The van der Waals surface area contributed by atoms with Crippen LogP contribution in [0.5, 0.6) is 0 Å². The Labute approximate surface area is 89.8 Å². The molecule has 0 amide bonds. The standard InChI is InChI=1S/C11H18O2S/c1-4-9(10(12)13)8-5-11(2,3)7-14-6-8/h4-7H2,1-3H3,(H,12,13)/b9-8+. The van der Waals surface area contributed by atoms with Gasteiger partial charge in [0.2, 0.25) is 0 Å². The van der Waals surface area contributed by atoms with Gasteiger partial charge in [-0.1, -0.05) is 20.8 Å². The van der Waals surface area contributed by atoms with Gasteiger partial charge in [-0.2, -0.15) is 11.8 Å². The van der Waals surface area contributed by atoms with E-state index in [0.717, 1.165) is 23.5 Å². The quantitative estimate of drug-likeness (QED) is 0.718. The minimum atomic E-state index is -0.735. The Kier molecular flexibility index (Phi) is 3.65. The summed E-state index contributed by atoms with van der Waals surface area (Å²) in [6.45, 7) is 6.32. The van der Waals surface area contributed by atoms with Crippen LogP contribution in [0.15, 0.2) is 11.1 Å². The van der Waals surface area contributed by atoms with Gasteiger partial charge in [-0.05, 0) is 29.6 Å². The molecule has 14 heavy (non-hydrogen) atoms. The van der Waals surface area contributed by atoms with Crippen molar-refractivity contribution in [2.45, 2.75) is 33.6 Å². The molecule has 1 aliphatic rings. The molecule has 0 saturated carbocycles. The number of hydrogen-bond donors (Lipinski definition) is 1. The van der Waals surface area contributed by atoms with E-state index in [-0.39, 0.29) is 5.41 Å². The molecule has 0 atom stereocenters. The number of thioether (sulfide) groups is 1. The van der Waals surface area contributed by atoms with Crippen molar-refractivity contribution >= 4 is 17.7 Å². The fourth-order valence-corrected chi connectivity index (χ4v) is 3.16. The second-order valence-electron chi connectivity index (χ2n) is 4.57. The van der Waals surface area contributed by atoms with Gasteiger partial charge in [0, 0.05) is 11.3 Å². The Hall–Kier alpha value is -0.440. The first-order valence-electron chi connectivity index (χ1n) is 4.98. The molecule has 3 heteroatoms. The first-order valence-corrected chi connectivity index (χ1v) is 6.13. The fraction of sp³-hybridized carbons (Fsp3) is 0.727. The third-order valence-corrected chi connectivity index (χ3v) is 4.04. The van der Waals surface area contributed by atoms with Crippen molar-refractivity contribution in [1.82, 2.24) is 0 Å². The van der Waals surface area contributed by atoms with Crippen LogP contribution in [0.25, 0.3) is 0 Å². The lowest BCUT2D eigenvalue weighted by atomic mass is 9.85. The molecule has 1 rings (SSSR count). The minimum absolute atomic E-state index is 0.258. The molecule has 0 aromatic rings. The van der Waals surface area contributed by atoms with Crippen molar-refractivity contribution < 1.29 is 9.90 Å². The lowest BCUT2D eigenvalue weighted by Crippen LogP contribution is -2.23. The van der Waals surface area contributed by atoms with Crippen molar-refractivity contribution in [3.8, 4) is 0 Å². The molecule has 0 aromatic carbocycles. The zero-order valence-corrected chi connectivity index (χ0v) is 9.91. The summed E-state index contributed by atoms with van der Waals surface area (Å²) >= 11 is 1.85. The van der Waals surface area contributed by atoms with E-state index in [1.165, 1.54) is 0 Å². The number of hydrogen-bond acceptors (Lipinski definition) is 2. The molecular weight excluding hydrogens is 196 g/mol. The highest BCUT2D eigenvalue weighted by atomic mass is 32.2. The number of carboxylic acids is 1. The maximum Gasteiger partial charge on any atom is 0.331 e. The van der Waals surface area contributed by atoms with Crippen LogP contribution < -0.4 is 0 Å². The fourth-order valence-electron chi connectivity index (χ4n) is 1.88. The predicted octanol–water partition coefficient (Wildman–Crippen LogP) is 2.94. The molecule has 1 heterocycles. The molecule has 1 aliphatic heterocycles. The monoisotopic (exact) mass is 214 g/mol. The molecule has 80 valence electrons. The maximum atomic E-state index is 11.0. The third-order valence-electron chi connectivity index (χ3n) is 2.50. The lowest BCUT2D eigenvalue weighted by Gasteiger charge is -2.31. The van der Waals surface area contributed by atoms with Crippen molar-refractivity contribution in [1.29, 1.82) is 0 Å². The van der Waals surface area contributed by atoms with Gasteiger partial charge in [0.25, 0.3) is 0 Å². The maximum absolute atomic E-state index is 11.0. The molecule has 2 nitrogen and oxygen atoms in total. The van der Waals surface area contributed by atoms with Crippen LogP contribution in [-0.4, -0.2) is 22.6 Å². The molecule has 0 bridgehead atoms. The van der Waals surface area contributed by atoms with Crippen molar-refractivity contribution in [3.05, 3.63) is 11.1 Å². The normalized spacial score (nSPS) is 24.5. The van der Waals surface area contributed by atoms with E-state index >= 15 is 0 Å². The first-order chi connectivity index (χ1) is 6.46. The van der Waals surface area contributed by atoms with Crippen LogP contribution in [0, 0.1) is 5.41 Å². The molecule has 0 radical (unpaired) electrons. The second kappa shape index (κ2) is 4.39. The van der Waals surface area contributed by atoms with Crippen LogP contribution in [0.2, 0.25) is 0 Å². The van der Waals surface area contributed by atoms with Crippen LogP contribution in [0.1, 0.15) is 33.6 Å². The second-order valence-corrected chi connectivity index (χ2v) is 5.56. The van der Waals surface area contributed by atoms with Gasteiger partial charge in [0.15, 0.2) is 0 Å². The average molecular weight is 214 g/mol. The SMILES string of the molecule is CC/C(C(=O)O)=C1\CSCC(C)(C)C1. The van der Waals surface area contributed by atoms with E-state index < -0.39 is 5.97 Å². The number of aliphatic carboxylic acids is 1. The molecular formula is C11H18O2S. The van der Waals surface area contributed by atoms with E-state index in [4.69, 9.17) is 5.11 Å².